The number of likely N-dealkylation sites (tertiary alicyclic amines) is 2. The summed E-state index contributed by atoms with van der Waals surface area (Å²) in [4.78, 5) is 14.8. The van der Waals surface area contributed by atoms with Gasteiger partial charge in [-0.3, -0.25) is 9.80 Å². The summed E-state index contributed by atoms with van der Waals surface area (Å²) in [7, 11) is 0. The van der Waals surface area contributed by atoms with Crippen LogP contribution in [0.25, 0.3) is 33.6 Å². The zero-order valence-corrected chi connectivity index (χ0v) is 40.9. The van der Waals surface area contributed by atoms with Crippen molar-refractivity contribution in [3.8, 4) is 50.9 Å². The first-order valence-electron chi connectivity index (χ1n) is 24.7. The van der Waals surface area contributed by atoms with Crippen molar-refractivity contribution in [3.05, 3.63) is 150 Å². The molecule has 5 aromatic carbocycles. The molecule has 0 aliphatic carbocycles. The molecule has 2 aliphatic heterocycles. The molecule has 2 aromatic heterocycles. The monoisotopic (exact) mass is 990 g/mol. The fourth-order valence-electron chi connectivity index (χ4n) is 9.69. The number of halogens is 5. The van der Waals surface area contributed by atoms with Gasteiger partial charge >= 0.3 is 18.2 Å². The molecule has 0 spiro atoms. The van der Waals surface area contributed by atoms with E-state index in [9.17, 15) is 22.0 Å². The number of rotatable bonds is 18. The van der Waals surface area contributed by atoms with E-state index < -0.39 is 11.7 Å². The number of nitrogens with zero attached hydrogens (tertiary/aromatic N) is 6. The van der Waals surface area contributed by atoms with Crippen LogP contribution in [0.15, 0.2) is 124 Å². The molecule has 0 N–H and O–H groups in total. The maximum absolute atomic E-state index is 14.1. The fourth-order valence-corrected chi connectivity index (χ4v) is 9.69. The van der Waals surface area contributed by atoms with Gasteiger partial charge in [-0.15, -0.1) is 0 Å². The summed E-state index contributed by atoms with van der Waals surface area (Å²) in [6.45, 7) is 13.5. The number of ether oxygens (including phenoxy) is 3. The van der Waals surface area contributed by atoms with Crippen molar-refractivity contribution in [3.63, 3.8) is 0 Å². The Balaban J connectivity index is 1.03. The summed E-state index contributed by atoms with van der Waals surface area (Å²) in [5, 5.41) is 4.10. The lowest BCUT2D eigenvalue weighted by molar-refractivity contribution is -0.137. The average Bonchev–Trinajstić information content (AvgIpc) is 4.07. The number of hydrogen-bond donors (Lipinski definition) is 0. The number of aromatic nitrogens is 2. The van der Waals surface area contributed by atoms with Crippen LogP contribution in [-0.2, 0) is 19.3 Å². The van der Waals surface area contributed by atoms with Gasteiger partial charge in [-0.2, -0.15) is 23.1 Å². The Labute approximate surface area is 416 Å². The molecular formula is C56H59F5N6O5. The van der Waals surface area contributed by atoms with E-state index >= 15 is 0 Å². The molecule has 9 rings (SSSR count). The van der Waals surface area contributed by atoms with E-state index in [1.165, 1.54) is 42.7 Å². The van der Waals surface area contributed by atoms with Crippen molar-refractivity contribution in [2.75, 3.05) is 56.0 Å². The lowest BCUT2D eigenvalue weighted by Gasteiger charge is -2.47. The van der Waals surface area contributed by atoms with E-state index in [4.69, 9.17) is 33.0 Å². The van der Waals surface area contributed by atoms with E-state index in [1.54, 1.807) is 30.5 Å². The number of aryl methyl sites for hydroxylation is 1. The van der Waals surface area contributed by atoms with E-state index in [0.29, 0.717) is 92.3 Å². The molecule has 0 atom stereocenters. The van der Waals surface area contributed by atoms with Gasteiger partial charge in [0.25, 0.3) is 0 Å². The first-order valence-corrected chi connectivity index (χ1v) is 24.7. The molecule has 0 saturated carbocycles. The van der Waals surface area contributed by atoms with E-state index in [2.05, 4.69) is 33.0 Å². The number of hydrazine groups is 1. The molecule has 11 nitrogen and oxygen atoms in total. The Morgan fingerprint density at radius 1 is 0.556 bits per heavy atom. The summed E-state index contributed by atoms with van der Waals surface area (Å²) in [6, 6.07) is 27.9. The Morgan fingerprint density at radius 3 is 1.43 bits per heavy atom. The highest BCUT2D eigenvalue weighted by molar-refractivity contribution is 5.77. The predicted molar refractivity (Wildman–Crippen MR) is 267 cm³/mol. The number of alkyl halides is 3. The summed E-state index contributed by atoms with van der Waals surface area (Å²) in [5.74, 6) is 1.49. The topological polar surface area (TPSA) is 92.7 Å². The van der Waals surface area contributed by atoms with Gasteiger partial charge < -0.3 is 23.0 Å². The molecule has 72 heavy (non-hydrogen) atoms. The van der Waals surface area contributed by atoms with Gasteiger partial charge in [-0.05, 0) is 142 Å². The highest BCUT2D eigenvalue weighted by Crippen LogP contribution is 2.42. The molecule has 16 heteroatoms. The first-order chi connectivity index (χ1) is 34.9. The standard InChI is InChI=1S/C56H59F5N6O5/c1-5-68-50-30-38(9-8-37(50)4)33-64-26-22-46(23-27-64)66(55-63-49(36-72-55)41-12-18-44(57)19-13-41)67(54-62-48(35-71-54)40-10-16-43(17-11-40)56(59,60)61)47-24-28-65(29-25-47)34-39-31-51(69-6-2)53(52(32-39)70-7-3)42-14-20-45(58)21-15-42/h8-21,30-32,35-36,46-47H,5-7,22-29,33-34H2,1-4H3. The van der Waals surface area contributed by atoms with Crippen LogP contribution >= 0.6 is 0 Å². The van der Waals surface area contributed by atoms with Crippen molar-refractivity contribution in [1.29, 1.82) is 0 Å². The summed E-state index contributed by atoms with van der Waals surface area (Å²) >= 11 is 0. The summed E-state index contributed by atoms with van der Waals surface area (Å²) in [5.41, 5.74) is 6.08. The average molecular weight is 991 g/mol. The normalized spacial score (nSPS) is 15.2. The van der Waals surface area contributed by atoms with Crippen LogP contribution in [-0.4, -0.2) is 77.9 Å². The maximum atomic E-state index is 14.1. The molecule has 2 saturated heterocycles. The van der Waals surface area contributed by atoms with Crippen molar-refractivity contribution >= 4 is 12.0 Å². The Bertz CT molecular complexity index is 2850. The minimum Gasteiger partial charge on any atom is -0.494 e. The number of oxazole rings is 2. The molecule has 0 radical (unpaired) electrons. The Kier molecular flexibility index (Phi) is 15.5. The molecule has 7 aromatic rings. The molecule has 378 valence electrons. The molecule has 4 heterocycles. The highest BCUT2D eigenvalue weighted by atomic mass is 19.4. The van der Waals surface area contributed by atoms with E-state index in [0.717, 1.165) is 78.2 Å². The van der Waals surface area contributed by atoms with Crippen molar-refractivity contribution < 1.29 is 45.0 Å². The SMILES string of the molecule is CCOc1cc(CN2CCC(N(c3nc(-c4ccc(F)cc4)co3)N(c3nc(-c4ccc(C(F)(F)F)cc4)co3)C3CCN(Cc4cc(OCC)c(-c5ccc(F)cc5)c(OCC)c4)CC3)CC2)ccc1C. The molecule has 0 bridgehead atoms. The van der Waals surface area contributed by atoms with Crippen molar-refractivity contribution in [1.82, 2.24) is 19.8 Å². The zero-order chi connectivity index (χ0) is 50.4. The van der Waals surface area contributed by atoms with Crippen LogP contribution in [0.2, 0.25) is 0 Å². The van der Waals surface area contributed by atoms with E-state index in [1.807, 2.05) is 44.8 Å². The lowest BCUT2D eigenvalue weighted by atomic mass is 9.99. The number of hydrogen-bond acceptors (Lipinski definition) is 11. The van der Waals surface area contributed by atoms with Crippen molar-refractivity contribution in [2.24, 2.45) is 0 Å². The van der Waals surface area contributed by atoms with Crippen LogP contribution in [0.4, 0.5) is 34.0 Å². The van der Waals surface area contributed by atoms with Crippen molar-refractivity contribution in [2.45, 2.75) is 84.7 Å². The second-order valence-electron chi connectivity index (χ2n) is 18.2. The molecule has 2 fully saturated rings. The predicted octanol–water partition coefficient (Wildman–Crippen LogP) is 13.0. The Morgan fingerprint density at radius 2 is 0.972 bits per heavy atom. The third kappa shape index (κ3) is 11.6. The quantitative estimate of drug-likeness (QED) is 0.0608. The number of piperidine rings is 2. The van der Waals surface area contributed by atoms with Crippen LogP contribution in [0.1, 0.15) is 68.7 Å². The van der Waals surface area contributed by atoms with Gasteiger partial charge in [-0.1, -0.05) is 36.4 Å². The maximum Gasteiger partial charge on any atom is 0.416 e. The first kappa shape index (κ1) is 50.0. The smallest absolute Gasteiger partial charge is 0.416 e. The minimum absolute atomic E-state index is 0.147. The second kappa shape index (κ2) is 22.2. The third-order valence-corrected chi connectivity index (χ3v) is 13.3. The molecular weight excluding hydrogens is 932 g/mol. The number of benzene rings is 5. The van der Waals surface area contributed by atoms with Gasteiger partial charge in [0.05, 0.1) is 43.0 Å². The van der Waals surface area contributed by atoms with Gasteiger partial charge in [-0.25, -0.2) is 18.8 Å². The van der Waals surface area contributed by atoms with Gasteiger partial charge in [0.1, 0.15) is 52.8 Å². The van der Waals surface area contributed by atoms with Gasteiger partial charge in [0.2, 0.25) is 0 Å². The second-order valence-corrected chi connectivity index (χ2v) is 18.2. The minimum atomic E-state index is -4.49. The molecule has 2 aliphatic rings. The van der Waals surface area contributed by atoms with E-state index in [-0.39, 0.29) is 29.7 Å². The summed E-state index contributed by atoms with van der Waals surface area (Å²) in [6.07, 6.45) is 1.32. The van der Waals surface area contributed by atoms with Gasteiger partial charge in [0.15, 0.2) is 0 Å². The van der Waals surface area contributed by atoms with Gasteiger partial charge in [0, 0.05) is 50.4 Å². The largest absolute Gasteiger partial charge is 0.494 e. The number of anilines is 2. The molecule has 0 unspecified atom stereocenters. The van der Waals surface area contributed by atoms with Crippen LogP contribution in [0, 0.1) is 18.6 Å². The fraction of sp³-hybridized carbons (Fsp3) is 0.357. The molecule has 0 amide bonds. The summed E-state index contributed by atoms with van der Waals surface area (Å²) < 4.78 is 100. The Hall–Kier alpha value is -6.91. The third-order valence-electron chi connectivity index (χ3n) is 13.3. The highest BCUT2D eigenvalue weighted by Gasteiger charge is 2.40. The zero-order valence-electron chi connectivity index (χ0n) is 40.9. The lowest BCUT2D eigenvalue weighted by Crippen LogP contribution is -2.59. The van der Waals surface area contributed by atoms with Crippen LogP contribution in [0.5, 0.6) is 17.2 Å². The van der Waals surface area contributed by atoms with Crippen LogP contribution in [0.3, 0.4) is 0 Å². The van der Waals surface area contributed by atoms with Crippen LogP contribution < -0.4 is 24.2 Å².